The fraction of sp³-hybridized carbons (Fsp3) is 0.300. The zero-order valence-electron chi connectivity index (χ0n) is 14.1. The highest BCUT2D eigenvalue weighted by molar-refractivity contribution is 5.85. The molecule has 1 aliphatic heterocycles. The number of nitrogens with zero attached hydrogens (tertiary/aromatic N) is 2. The highest BCUT2D eigenvalue weighted by atomic mass is 19.1. The lowest BCUT2D eigenvalue weighted by Gasteiger charge is -2.16. The molecule has 3 nitrogen and oxygen atoms in total. The van der Waals surface area contributed by atoms with Gasteiger partial charge in [0.25, 0.3) is 0 Å². The zero-order chi connectivity index (χ0) is 16.7. The predicted octanol–water partition coefficient (Wildman–Crippen LogP) is 4.19. The molecule has 1 saturated heterocycles. The van der Waals surface area contributed by atoms with E-state index in [1.807, 2.05) is 25.3 Å². The number of hydrogen-bond donors (Lipinski definition) is 1. The number of hydrogen-bond acceptors (Lipinski definition) is 2. The maximum absolute atomic E-state index is 14.1. The summed E-state index contributed by atoms with van der Waals surface area (Å²) in [5, 5.41) is 4.29. The molecule has 4 heteroatoms. The quantitative estimate of drug-likeness (QED) is 0.780. The largest absolute Gasteiger partial charge is 0.381 e. The number of aromatic nitrogens is 1. The maximum Gasteiger partial charge on any atom is 0.132 e. The molecule has 1 atom stereocenters. The molecule has 1 aliphatic rings. The summed E-state index contributed by atoms with van der Waals surface area (Å²) >= 11 is 0. The number of rotatable bonds is 3. The van der Waals surface area contributed by atoms with Crippen LogP contribution in [0.3, 0.4) is 0 Å². The Morgan fingerprint density at radius 3 is 2.83 bits per heavy atom. The first kappa shape index (κ1) is 15.2. The van der Waals surface area contributed by atoms with E-state index in [0.29, 0.717) is 11.4 Å². The van der Waals surface area contributed by atoms with E-state index in [0.717, 1.165) is 42.0 Å². The van der Waals surface area contributed by atoms with Crippen molar-refractivity contribution in [3.8, 4) is 5.69 Å². The first-order valence-electron chi connectivity index (χ1n) is 8.43. The molecule has 0 bridgehead atoms. The van der Waals surface area contributed by atoms with Crippen LogP contribution in [-0.4, -0.2) is 35.6 Å². The standard InChI is InChI=1S/C20H22FN3/c1-14-6-7-19(21)18-9-11-24(20(14)18)17-5-3-4-15(12-17)22-16-8-10-23(2)13-16/h3-7,9,11-12,16,22H,8,10,13H2,1-2H3. The molecule has 4 rings (SSSR count). The molecule has 0 spiro atoms. The molecule has 2 heterocycles. The monoisotopic (exact) mass is 323 g/mol. The lowest BCUT2D eigenvalue weighted by molar-refractivity contribution is 0.414. The van der Waals surface area contributed by atoms with E-state index in [-0.39, 0.29) is 5.82 Å². The third kappa shape index (κ3) is 2.67. The Morgan fingerprint density at radius 1 is 1.17 bits per heavy atom. The number of likely N-dealkylation sites (N-methyl/N-ethyl adjacent to an activating group) is 1. The van der Waals surface area contributed by atoms with Crippen molar-refractivity contribution in [1.29, 1.82) is 0 Å². The van der Waals surface area contributed by atoms with E-state index in [1.165, 1.54) is 6.07 Å². The average Bonchev–Trinajstić information content (AvgIpc) is 3.18. The van der Waals surface area contributed by atoms with Crippen molar-refractivity contribution in [3.63, 3.8) is 0 Å². The first-order chi connectivity index (χ1) is 11.6. The van der Waals surface area contributed by atoms with Crippen LogP contribution in [0.2, 0.25) is 0 Å². The van der Waals surface area contributed by atoms with Crippen molar-refractivity contribution in [1.82, 2.24) is 9.47 Å². The van der Waals surface area contributed by atoms with Gasteiger partial charge in [0, 0.05) is 35.5 Å². The minimum atomic E-state index is -0.169. The lowest BCUT2D eigenvalue weighted by atomic mass is 10.1. The summed E-state index contributed by atoms with van der Waals surface area (Å²) < 4.78 is 16.1. The first-order valence-corrected chi connectivity index (χ1v) is 8.43. The highest BCUT2D eigenvalue weighted by Gasteiger charge is 2.19. The van der Waals surface area contributed by atoms with Gasteiger partial charge in [0.1, 0.15) is 5.82 Å². The van der Waals surface area contributed by atoms with Crippen LogP contribution in [0.5, 0.6) is 0 Å². The smallest absolute Gasteiger partial charge is 0.132 e. The Labute approximate surface area is 141 Å². The van der Waals surface area contributed by atoms with Gasteiger partial charge in [0.05, 0.1) is 5.52 Å². The van der Waals surface area contributed by atoms with Crippen LogP contribution >= 0.6 is 0 Å². The summed E-state index contributed by atoms with van der Waals surface area (Å²) in [7, 11) is 2.15. The molecule has 0 aliphatic carbocycles. The highest BCUT2D eigenvalue weighted by Crippen LogP contribution is 2.27. The van der Waals surface area contributed by atoms with Crippen LogP contribution in [0.4, 0.5) is 10.1 Å². The van der Waals surface area contributed by atoms with E-state index >= 15 is 0 Å². The molecule has 1 N–H and O–H groups in total. The van der Waals surface area contributed by atoms with Crippen LogP contribution in [0, 0.1) is 12.7 Å². The summed E-state index contributed by atoms with van der Waals surface area (Å²) in [6, 6.07) is 14.1. The van der Waals surface area contributed by atoms with E-state index in [2.05, 4.69) is 46.1 Å². The van der Waals surface area contributed by atoms with Gasteiger partial charge in [-0.2, -0.15) is 0 Å². The van der Waals surface area contributed by atoms with Gasteiger partial charge in [0.2, 0.25) is 0 Å². The van der Waals surface area contributed by atoms with Crippen molar-refractivity contribution in [2.24, 2.45) is 0 Å². The van der Waals surface area contributed by atoms with E-state index in [4.69, 9.17) is 0 Å². The van der Waals surface area contributed by atoms with Gasteiger partial charge in [-0.3, -0.25) is 0 Å². The molecule has 1 aromatic heterocycles. The second-order valence-corrected chi connectivity index (χ2v) is 6.75. The lowest BCUT2D eigenvalue weighted by Crippen LogP contribution is -2.23. The van der Waals surface area contributed by atoms with E-state index in [1.54, 1.807) is 0 Å². The number of benzene rings is 2. The van der Waals surface area contributed by atoms with Crippen LogP contribution in [0.1, 0.15) is 12.0 Å². The van der Waals surface area contributed by atoms with Crippen molar-refractivity contribution in [2.75, 3.05) is 25.5 Å². The second kappa shape index (κ2) is 5.95. The molecule has 0 saturated carbocycles. The summed E-state index contributed by atoms with van der Waals surface area (Å²) in [5.41, 5.74) is 4.18. The molecular formula is C20H22FN3. The van der Waals surface area contributed by atoms with Gasteiger partial charge in [-0.25, -0.2) is 4.39 Å². The van der Waals surface area contributed by atoms with Gasteiger partial charge in [-0.15, -0.1) is 0 Å². The number of likely N-dealkylation sites (tertiary alicyclic amines) is 1. The Morgan fingerprint density at radius 2 is 2.04 bits per heavy atom. The maximum atomic E-state index is 14.1. The SMILES string of the molecule is Cc1ccc(F)c2ccn(-c3cccc(NC4CCN(C)C4)c3)c12. The molecule has 124 valence electrons. The molecule has 1 unspecified atom stereocenters. The second-order valence-electron chi connectivity index (χ2n) is 6.75. The summed E-state index contributed by atoms with van der Waals surface area (Å²) in [6.07, 6.45) is 3.11. The van der Waals surface area contributed by atoms with Gasteiger partial charge in [0.15, 0.2) is 0 Å². The summed E-state index contributed by atoms with van der Waals surface area (Å²) in [4.78, 5) is 2.34. The van der Waals surface area contributed by atoms with Crippen LogP contribution in [0.15, 0.2) is 48.7 Å². The van der Waals surface area contributed by atoms with E-state index in [9.17, 15) is 4.39 Å². The number of aryl methyl sites for hydroxylation is 1. The molecule has 24 heavy (non-hydrogen) atoms. The van der Waals surface area contributed by atoms with Crippen molar-refractivity contribution in [3.05, 3.63) is 60.0 Å². The predicted molar refractivity (Wildman–Crippen MR) is 97.5 cm³/mol. The fourth-order valence-corrected chi connectivity index (χ4v) is 3.64. The average molecular weight is 323 g/mol. The Kier molecular flexibility index (Phi) is 3.77. The Balaban J connectivity index is 1.70. The van der Waals surface area contributed by atoms with Crippen molar-refractivity contribution >= 4 is 16.6 Å². The number of fused-ring (bicyclic) bond motifs is 1. The van der Waals surface area contributed by atoms with Gasteiger partial charge in [-0.05, 0) is 62.8 Å². The summed E-state index contributed by atoms with van der Waals surface area (Å²) in [5.74, 6) is -0.169. The van der Waals surface area contributed by atoms with Gasteiger partial charge in [-0.1, -0.05) is 12.1 Å². The fourth-order valence-electron chi connectivity index (χ4n) is 3.64. The zero-order valence-corrected chi connectivity index (χ0v) is 14.1. The van der Waals surface area contributed by atoms with Crippen molar-refractivity contribution in [2.45, 2.75) is 19.4 Å². The van der Waals surface area contributed by atoms with Gasteiger partial charge >= 0.3 is 0 Å². The third-order valence-electron chi connectivity index (χ3n) is 4.88. The van der Waals surface area contributed by atoms with Crippen molar-refractivity contribution < 1.29 is 4.39 Å². The summed E-state index contributed by atoms with van der Waals surface area (Å²) in [6.45, 7) is 4.23. The number of halogens is 1. The molecule has 0 radical (unpaired) electrons. The van der Waals surface area contributed by atoms with Crippen LogP contribution < -0.4 is 5.32 Å². The molecule has 2 aromatic carbocycles. The molecular weight excluding hydrogens is 301 g/mol. The van der Waals surface area contributed by atoms with Gasteiger partial charge < -0.3 is 14.8 Å². The molecule has 3 aromatic rings. The van der Waals surface area contributed by atoms with Crippen LogP contribution in [0.25, 0.3) is 16.6 Å². The van der Waals surface area contributed by atoms with E-state index < -0.39 is 0 Å². The molecule has 1 fully saturated rings. The Hall–Kier alpha value is -2.33. The minimum absolute atomic E-state index is 0.169. The normalized spacial score (nSPS) is 18.4. The number of nitrogens with one attached hydrogen (secondary N) is 1. The topological polar surface area (TPSA) is 20.2 Å². The molecule has 0 amide bonds. The van der Waals surface area contributed by atoms with Crippen LogP contribution in [-0.2, 0) is 0 Å². The minimum Gasteiger partial charge on any atom is -0.381 e. The number of anilines is 1. The third-order valence-corrected chi connectivity index (χ3v) is 4.88. The Bertz CT molecular complexity index is 884.